The van der Waals surface area contributed by atoms with Crippen molar-refractivity contribution in [1.29, 1.82) is 0 Å². The third-order valence-electron chi connectivity index (χ3n) is 9.33. The highest BCUT2D eigenvalue weighted by molar-refractivity contribution is 5.17. The van der Waals surface area contributed by atoms with E-state index < -0.39 is 36.6 Å². The minimum atomic E-state index is -0.897. The normalized spacial score (nSPS) is 22.2. The maximum absolute atomic E-state index is 12.2. The van der Waals surface area contributed by atoms with Crippen molar-refractivity contribution >= 4 is 0 Å². The van der Waals surface area contributed by atoms with Crippen molar-refractivity contribution in [3.63, 3.8) is 0 Å². The Labute approximate surface area is 293 Å². The van der Waals surface area contributed by atoms with Gasteiger partial charge in [-0.3, -0.25) is 0 Å². The first-order valence-corrected chi connectivity index (χ1v) is 18.3. The Bertz CT molecular complexity index is 1410. The summed E-state index contributed by atoms with van der Waals surface area (Å²) in [4.78, 5) is 0. The lowest BCUT2D eigenvalue weighted by Crippen LogP contribution is -2.69. The molecule has 49 heavy (non-hydrogen) atoms. The molecule has 4 aromatic rings. The summed E-state index contributed by atoms with van der Waals surface area (Å²) in [6, 6.07) is 40.2. The van der Waals surface area contributed by atoms with Crippen LogP contribution in [-0.2, 0) is 45.4 Å². The van der Waals surface area contributed by atoms with E-state index in [1.165, 1.54) is 32.1 Å². The third-order valence-corrected chi connectivity index (χ3v) is 9.33. The molecule has 1 aliphatic carbocycles. The first-order valence-electron chi connectivity index (χ1n) is 18.3. The molecule has 0 aromatic heterocycles. The molecule has 1 fully saturated rings. The summed E-state index contributed by atoms with van der Waals surface area (Å²) in [7, 11) is 0. The lowest BCUT2D eigenvalue weighted by Gasteiger charge is -2.49. The Kier molecular flexibility index (Phi) is 15.8. The predicted octanol–water partition coefficient (Wildman–Crippen LogP) is 8.41. The smallest absolute Gasteiger partial charge is 0.115 e. The van der Waals surface area contributed by atoms with Crippen LogP contribution in [0.15, 0.2) is 121 Å². The number of hydrogen-bond acceptors (Lipinski definition) is 6. The molecule has 4 aromatic carbocycles. The molecule has 6 nitrogen and oxygen atoms in total. The number of unbranched alkanes of at least 4 members (excludes halogenated alkanes) is 6. The molecule has 5 rings (SSSR count). The van der Waals surface area contributed by atoms with Gasteiger partial charge >= 0.3 is 0 Å². The molecule has 0 heterocycles. The Morgan fingerprint density at radius 3 is 1.22 bits per heavy atom. The fourth-order valence-electron chi connectivity index (χ4n) is 6.60. The highest BCUT2D eigenvalue weighted by Gasteiger charge is 2.53. The molecule has 0 radical (unpaired) electrons. The van der Waals surface area contributed by atoms with Gasteiger partial charge in [-0.1, -0.05) is 167 Å². The summed E-state index contributed by atoms with van der Waals surface area (Å²) in [6.07, 6.45) is 5.35. The summed E-state index contributed by atoms with van der Waals surface area (Å²) in [6.45, 7) is 4.50. The molecule has 1 saturated carbocycles. The molecule has 262 valence electrons. The van der Waals surface area contributed by atoms with E-state index in [1.54, 1.807) is 0 Å². The zero-order valence-electron chi connectivity index (χ0n) is 29.1. The van der Waals surface area contributed by atoms with E-state index in [1.807, 2.05) is 84.9 Å². The van der Waals surface area contributed by atoms with E-state index >= 15 is 0 Å². The molecular weight excluding hydrogens is 610 g/mol. The van der Waals surface area contributed by atoms with Crippen LogP contribution in [0, 0.1) is 0 Å². The Balaban J connectivity index is 1.42. The molecule has 0 aliphatic heterocycles. The second kappa shape index (κ2) is 21.0. The zero-order chi connectivity index (χ0) is 33.9. The standard InChI is InChI=1S/C43H55NO5/c1-2-3-4-5-6-7-20-29-44-38-39(45)41(47-31-35-23-14-9-15-24-35)43(49-33-37-27-18-11-19-28-37)42(48-32-36-25-16-10-17-26-36)40(38)46-30-34-21-12-8-13-22-34/h8-19,21-28,38-45H,2-7,20,29-33H2,1H3/t38-,39+,40+,41+,42-,43-/m1/s1. The lowest BCUT2D eigenvalue weighted by molar-refractivity contribution is -0.250. The largest absolute Gasteiger partial charge is 0.389 e. The van der Waals surface area contributed by atoms with Crippen molar-refractivity contribution in [1.82, 2.24) is 5.32 Å². The van der Waals surface area contributed by atoms with E-state index in [-0.39, 0.29) is 0 Å². The van der Waals surface area contributed by atoms with Crippen molar-refractivity contribution in [2.75, 3.05) is 6.54 Å². The monoisotopic (exact) mass is 665 g/mol. The van der Waals surface area contributed by atoms with Crippen LogP contribution in [0.4, 0.5) is 0 Å². The first-order chi connectivity index (χ1) is 24.2. The van der Waals surface area contributed by atoms with Crippen LogP contribution in [0.1, 0.15) is 74.1 Å². The summed E-state index contributed by atoms with van der Waals surface area (Å²) in [5.41, 5.74) is 4.20. The number of hydrogen-bond donors (Lipinski definition) is 2. The molecule has 0 bridgehead atoms. The van der Waals surface area contributed by atoms with Crippen LogP contribution >= 0.6 is 0 Å². The zero-order valence-corrected chi connectivity index (χ0v) is 29.1. The summed E-state index contributed by atoms with van der Waals surface area (Å²) < 4.78 is 27.0. The molecule has 0 unspecified atom stereocenters. The van der Waals surface area contributed by atoms with Gasteiger partial charge in [0.05, 0.1) is 32.5 Å². The highest BCUT2D eigenvalue weighted by Crippen LogP contribution is 2.33. The fourth-order valence-corrected chi connectivity index (χ4v) is 6.60. The van der Waals surface area contributed by atoms with Crippen LogP contribution in [-0.4, -0.2) is 48.2 Å². The molecule has 6 atom stereocenters. The Morgan fingerprint density at radius 2 is 0.796 bits per heavy atom. The molecular formula is C43H55NO5. The number of aliphatic hydroxyl groups is 1. The Hall–Kier alpha value is -3.36. The summed E-state index contributed by atoms with van der Waals surface area (Å²) >= 11 is 0. The number of benzene rings is 4. The maximum atomic E-state index is 12.2. The van der Waals surface area contributed by atoms with Gasteiger partial charge in [0.1, 0.15) is 30.5 Å². The van der Waals surface area contributed by atoms with Crippen LogP contribution in [0.2, 0.25) is 0 Å². The van der Waals surface area contributed by atoms with Gasteiger partial charge in [-0.2, -0.15) is 0 Å². The average molecular weight is 666 g/mol. The topological polar surface area (TPSA) is 69.2 Å². The van der Waals surface area contributed by atoms with Crippen LogP contribution in [0.25, 0.3) is 0 Å². The van der Waals surface area contributed by atoms with Crippen LogP contribution < -0.4 is 5.32 Å². The lowest BCUT2D eigenvalue weighted by atomic mass is 9.82. The Morgan fingerprint density at radius 1 is 0.449 bits per heavy atom. The molecule has 6 heteroatoms. The van der Waals surface area contributed by atoms with Gasteiger partial charge in [0.15, 0.2) is 0 Å². The third kappa shape index (κ3) is 11.9. The SMILES string of the molecule is CCCCCCCCCN[C@@H]1[C@H](O)[C@H](OCc2ccccc2)[C@@H](OCc2ccccc2)[C@H](OCc2ccccc2)[C@H]1OCc1ccccc1. The van der Waals surface area contributed by atoms with Crippen molar-refractivity contribution < 1.29 is 24.1 Å². The summed E-state index contributed by atoms with van der Waals surface area (Å²) in [5, 5.41) is 16.0. The number of aliphatic hydroxyl groups excluding tert-OH is 1. The van der Waals surface area contributed by atoms with Crippen molar-refractivity contribution in [2.45, 2.75) is 115 Å². The van der Waals surface area contributed by atoms with Gasteiger partial charge in [0, 0.05) is 0 Å². The minimum Gasteiger partial charge on any atom is -0.389 e. The van der Waals surface area contributed by atoms with E-state index in [9.17, 15) is 5.11 Å². The number of ether oxygens (including phenoxy) is 4. The van der Waals surface area contributed by atoms with E-state index in [0.29, 0.717) is 26.4 Å². The van der Waals surface area contributed by atoms with Gasteiger partial charge in [0.2, 0.25) is 0 Å². The fraction of sp³-hybridized carbons (Fsp3) is 0.442. The van der Waals surface area contributed by atoms with Gasteiger partial charge in [-0.05, 0) is 35.2 Å². The van der Waals surface area contributed by atoms with Crippen LogP contribution in [0.5, 0.6) is 0 Å². The van der Waals surface area contributed by atoms with E-state index in [4.69, 9.17) is 18.9 Å². The summed E-state index contributed by atoms with van der Waals surface area (Å²) in [5.74, 6) is 0. The highest BCUT2D eigenvalue weighted by atomic mass is 16.6. The predicted molar refractivity (Wildman–Crippen MR) is 196 cm³/mol. The van der Waals surface area contributed by atoms with Gasteiger partial charge in [-0.25, -0.2) is 0 Å². The minimum absolute atomic E-state index is 0.346. The average Bonchev–Trinajstić information content (AvgIpc) is 3.15. The number of nitrogens with one attached hydrogen (secondary N) is 1. The first kappa shape index (κ1) is 36.9. The molecule has 0 spiro atoms. The van der Waals surface area contributed by atoms with Gasteiger partial charge in [0.25, 0.3) is 0 Å². The van der Waals surface area contributed by atoms with Gasteiger partial charge < -0.3 is 29.4 Å². The van der Waals surface area contributed by atoms with Crippen molar-refractivity contribution in [3.8, 4) is 0 Å². The second-order valence-corrected chi connectivity index (χ2v) is 13.1. The van der Waals surface area contributed by atoms with E-state index in [2.05, 4.69) is 48.6 Å². The molecule has 0 amide bonds. The van der Waals surface area contributed by atoms with Gasteiger partial charge in [-0.15, -0.1) is 0 Å². The number of rotatable bonds is 21. The molecule has 0 saturated heterocycles. The maximum Gasteiger partial charge on any atom is 0.115 e. The quantitative estimate of drug-likeness (QED) is 0.0872. The van der Waals surface area contributed by atoms with Crippen molar-refractivity contribution in [3.05, 3.63) is 144 Å². The molecule has 2 N–H and O–H groups in total. The second-order valence-electron chi connectivity index (χ2n) is 13.1. The van der Waals surface area contributed by atoms with Crippen molar-refractivity contribution in [2.24, 2.45) is 0 Å². The van der Waals surface area contributed by atoms with E-state index in [0.717, 1.165) is 41.6 Å². The van der Waals surface area contributed by atoms with Crippen LogP contribution in [0.3, 0.4) is 0 Å². The molecule has 1 aliphatic rings.